The first-order valence-electron chi connectivity index (χ1n) is 6.13. The Bertz CT molecular complexity index is 506. The molecule has 1 aromatic carbocycles. The van der Waals surface area contributed by atoms with E-state index < -0.39 is 0 Å². The summed E-state index contributed by atoms with van der Waals surface area (Å²) in [5.74, 6) is 1.72. The minimum absolute atomic E-state index is 0.414. The average Bonchev–Trinajstić information content (AvgIpc) is 2.69. The normalized spacial score (nSPS) is 13.0. The largest absolute Gasteiger partial charge is 0.303 e. The fourth-order valence-corrected chi connectivity index (χ4v) is 1.79. The van der Waals surface area contributed by atoms with Crippen molar-refractivity contribution in [2.24, 2.45) is 7.05 Å². The molecule has 0 spiro atoms. The van der Waals surface area contributed by atoms with E-state index in [0.717, 1.165) is 17.2 Å². The standard InChI is InChI=1S/C14H20N4/c1-10(17(3)4)12-6-8-13(9-7-12)14-15-11(2)18(5)16-14/h6-10H,1-5H3/t10-/m1/s1. The summed E-state index contributed by atoms with van der Waals surface area (Å²) in [5.41, 5.74) is 2.37. The van der Waals surface area contributed by atoms with Crippen molar-refractivity contribution in [3.63, 3.8) is 0 Å². The summed E-state index contributed by atoms with van der Waals surface area (Å²) >= 11 is 0. The van der Waals surface area contributed by atoms with Crippen molar-refractivity contribution in [1.29, 1.82) is 0 Å². The lowest BCUT2D eigenvalue weighted by Gasteiger charge is -2.20. The van der Waals surface area contributed by atoms with Gasteiger partial charge >= 0.3 is 0 Å². The summed E-state index contributed by atoms with van der Waals surface area (Å²) in [4.78, 5) is 6.62. The van der Waals surface area contributed by atoms with Crippen molar-refractivity contribution >= 4 is 0 Å². The van der Waals surface area contributed by atoms with E-state index in [0.29, 0.717) is 6.04 Å². The van der Waals surface area contributed by atoms with Gasteiger partial charge in [0.05, 0.1) is 0 Å². The van der Waals surface area contributed by atoms with Gasteiger partial charge in [0.15, 0.2) is 5.82 Å². The number of nitrogens with zero attached hydrogens (tertiary/aromatic N) is 4. The predicted molar refractivity (Wildman–Crippen MR) is 73.3 cm³/mol. The molecule has 0 aliphatic heterocycles. The molecule has 0 saturated carbocycles. The molecule has 0 aliphatic carbocycles. The van der Waals surface area contributed by atoms with Crippen LogP contribution >= 0.6 is 0 Å². The Morgan fingerprint density at radius 1 is 1.17 bits per heavy atom. The zero-order valence-corrected chi connectivity index (χ0v) is 11.7. The second-order valence-corrected chi connectivity index (χ2v) is 4.87. The van der Waals surface area contributed by atoms with Crippen LogP contribution in [0.1, 0.15) is 24.4 Å². The second kappa shape index (κ2) is 4.90. The maximum Gasteiger partial charge on any atom is 0.181 e. The Labute approximate surface area is 108 Å². The Morgan fingerprint density at radius 3 is 2.22 bits per heavy atom. The van der Waals surface area contributed by atoms with E-state index in [9.17, 15) is 0 Å². The molecule has 1 aromatic heterocycles. The van der Waals surface area contributed by atoms with Gasteiger partial charge < -0.3 is 4.90 Å². The highest BCUT2D eigenvalue weighted by molar-refractivity contribution is 5.55. The number of benzene rings is 1. The summed E-state index contributed by atoms with van der Waals surface area (Å²) in [6.45, 7) is 4.15. The van der Waals surface area contributed by atoms with E-state index in [4.69, 9.17) is 0 Å². The first kappa shape index (κ1) is 12.8. The summed E-state index contributed by atoms with van der Waals surface area (Å²) in [6, 6.07) is 8.88. The van der Waals surface area contributed by atoms with Gasteiger partial charge in [-0.05, 0) is 33.5 Å². The van der Waals surface area contributed by atoms with Crippen molar-refractivity contribution in [2.45, 2.75) is 19.9 Å². The molecular formula is C14H20N4. The van der Waals surface area contributed by atoms with Gasteiger partial charge in [-0.3, -0.25) is 4.68 Å². The number of hydrogen-bond donors (Lipinski definition) is 0. The van der Waals surface area contributed by atoms with Crippen molar-refractivity contribution < 1.29 is 0 Å². The van der Waals surface area contributed by atoms with E-state index in [1.807, 2.05) is 14.0 Å². The molecule has 4 heteroatoms. The molecule has 4 nitrogen and oxygen atoms in total. The molecule has 1 atom stereocenters. The van der Waals surface area contributed by atoms with Crippen LogP contribution in [0.5, 0.6) is 0 Å². The molecule has 96 valence electrons. The lowest BCUT2D eigenvalue weighted by Crippen LogP contribution is -2.16. The topological polar surface area (TPSA) is 34.0 Å². The quantitative estimate of drug-likeness (QED) is 0.831. The maximum absolute atomic E-state index is 4.43. The van der Waals surface area contributed by atoms with Crippen LogP contribution in [0.15, 0.2) is 24.3 Å². The van der Waals surface area contributed by atoms with Crippen molar-refractivity contribution in [3.8, 4) is 11.4 Å². The molecule has 0 unspecified atom stereocenters. The maximum atomic E-state index is 4.43. The molecule has 0 amide bonds. The van der Waals surface area contributed by atoms with Gasteiger partial charge in [0, 0.05) is 18.7 Å². The number of rotatable bonds is 3. The fourth-order valence-electron chi connectivity index (χ4n) is 1.79. The summed E-state index contributed by atoms with van der Waals surface area (Å²) in [5, 5.41) is 4.39. The Kier molecular flexibility index (Phi) is 3.48. The zero-order chi connectivity index (χ0) is 13.3. The lowest BCUT2D eigenvalue weighted by atomic mass is 10.1. The second-order valence-electron chi connectivity index (χ2n) is 4.87. The van der Waals surface area contributed by atoms with Crippen LogP contribution in [0.25, 0.3) is 11.4 Å². The molecule has 0 radical (unpaired) electrons. The molecule has 0 N–H and O–H groups in total. The molecule has 0 aliphatic rings. The third-order valence-corrected chi connectivity index (χ3v) is 3.41. The Hall–Kier alpha value is -1.68. The molecule has 2 aromatic rings. The van der Waals surface area contributed by atoms with Crippen LogP contribution in [0, 0.1) is 6.92 Å². The monoisotopic (exact) mass is 244 g/mol. The fraction of sp³-hybridized carbons (Fsp3) is 0.429. The van der Waals surface area contributed by atoms with Crippen LogP contribution in [0.4, 0.5) is 0 Å². The van der Waals surface area contributed by atoms with Crippen LogP contribution in [-0.2, 0) is 7.05 Å². The SMILES string of the molecule is Cc1nc(-c2ccc([C@@H](C)N(C)C)cc2)nn1C. The molecule has 0 bridgehead atoms. The summed E-state index contributed by atoms with van der Waals surface area (Å²) < 4.78 is 1.80. The molecule has 2 rings (SSSR count). The highest BCUT2D eigenvalue weighted by atomic mass is 15.3. The predicted octanol–water partition coefficient (Wildman–Crippen LogP) is 2.41. The van der Waals surface area contributed by atoms with Crippen LogP contribution in [-0.4, -0.2) is 33.8 Å². The minimum Gasteiger partial charge on any atom is -0.303 e. The molecular weight excluding hydrogens is 224 g/mol. The minimum atomic E-state index is 0.414. The first-order chi connectivity index (χ1) is 8.49. The molecule has 0 saturated heterocycles. The van der Waals surface area contributed by atoms with Crippen molar-refractivity contribution in [2.75, 3.05) is 14.1 Å². The van der Waals surface area contributed by atoms with E-state index in [-0.39, 0.29) is 0 Å². The Morgan fingerprint density at radius 2 is 1.78 bits per heavy atom. The van der Waals surface area contributed by atoms with Gasteiger partial charge in [-0.1, -0.05) is 24.3 Å². The van der Waals surface area contributed by atoms with E-state index >= 15 is 0 Å². The third kappa shape index (κ3) is 2.43. The van der Waals surface area contributed by atoms with E-state index in [1.165, 1.54) is 5.56 Å². The van der Waals surface area contributed by atoms with E-state index in [2.05, 4.69) is 60.3 Å². The van der Waals surface area contributed by atoms with Gasteiger partial charge in [-0.25, -0.2) is 4.98 Å². The molecule has 1 heterocycles. The average molecular weight is 244 g/mol. The van der Waals surface area contributed by atoms with E-state index in [1.54, 1.807) is 4.68 Å². The number of aryl methyl sites for hydroxylation is 2. The van der Waals surface area contributed by atoms with Gasteiger partial charge in [-0.15, -0.1) is 0 Å². The number of hydrogen-bond acceptors (Lipinski definition) is 3. The first-order valence-corrected chi connectivity index (χ1v) is 6.13. The van der Waals surface area contributed by atoms with Crippen LogP contribution < -0.4 is 0 Å². The van der Waals surface area contributed by atoms with Crippen LogP contribution in [0.2, 0.25) is 0 Å². The van der Waals surface area contributed by atoms with Gasteiger partial charge in [0.25, 0.3) is 0 Å². The highest BCUT2D eigenvalue weighted by Gasteiger charge is 2.09. The third-order valence-electron chi connectivity index (χ3n) is 3.41. The zero-order valence-electron chi connectivity index (χ0n) is 11.7. The van der Waals surface area contributed by atoms with Gasteiger partial charge in [0.1, 0.15) is 5.82 Å². The lowest BCUT2D eigenvalue weighted by molar-refractivity contribution is 0.321. The molecule has 18 heavy (non-hydrogen) atoms. The van der Waals surface area contributed by atoms with Gasteiger partial charge in [0.2, 0.25) is 0 Å². The highest BCUT2D eigenvalue weighted by Crippen LogP contribution is 2.21. The number of aromatic nitrogens is 3. The molecule has 0 fully saturated rings. The Balaban J connectivity index is 2.27. The van der Waals surface area contributed by atoms with Crippen LogP contribution in [0.3, 0.4) is 0 Å². The summed E-state index contributed by atoms with van der Waals surface area (Å²) in [7, 11) is 6.08. The smallest absolute Gasteiger partial charge is 0.181 e. The van der Waals surface area contributed by atoms with Crippen molar-refractivity contribution in [3.05, 3.63) is 35.7 Å². The van der Waals surface area contributed by atoms with Crippen molar-refractivity contribution in [1.82, 2.24) is 19.7 Å². The summed E-state index contributed by atoms with van der Waals surface area (Å²) in [6.07, 6.45) is 0. The van der Waals surface area contributed by atoms with Gasteiger partial charge in [-0.2, -0.15) is 5.10 Å².